The highest BCUT2D eigenvalue weighted by Gasteiger charge is 2.20. The molecule has 3 nitrogen and oxygen atoms in total. The van der Waals surface area contributed by atoms with Gasteiger partial charge >= 0.3 is 6.09 Å². The molecule has 1 aliphatic heterocycles. The minimum absolute atomic E-state index is 0.0775. The highest BCUT2D eigenvalue weighted by atomic mass is 79.9. The third kappa shape index (κ3) is 2.07. The van der Waals surface area contributed by atoms with Gasteiger partial charge in [0, 0.05) is 10.9 Å². The fourth-order valence-corrected chi connectivity index (χ4v) is 1.92. The van der Waals surface area contributed by atoms with Gasteiger partial charge in [0.1, 0.15) is 0 Å². The lowest BCUT2D eigenvalue weighted by Gasteiger charge is -2.23. The fourth-order valence-electron chi connectivity index (χ4n) is 1.50. The van der Waals surface area contributed by atoms with Gasteiger partial charge in [-0.3, -0.25) is 0 Å². The standard InChI is InChI=1S/C10H10BrNO2/c11-8-3-1-2-7(6-8)9-4-5-14-10(13)12-9/h1-3,6,9H,4-5H2,(H,12,13). The van der Waals surface area contributed by atoms with Crippen molar-refractivity contribution < 1.29 is 9.53 Å². The molecular weight excluding hydrogens is 246 g/mol. The molecule has 0 radical (unpaired) electrons. The first kappa shape index (κ1) is 9.52. The number of halogens is 1. The first-order valence-electron chi connectivity index (χ1n) is 4.44. The van der Waals surface area contributed by atoms with E-state index in [2.05, 4.69) is 21.2 Å². The number of hydrogen-bond donors (Lipinski definition) is 1. The smallest absolute Gasteiger partial charge is 0.407 e. The van der Waals surface area contributed by atoms with Crippen molar-refractivity contribution in [3.63, 3.8) is 0 Å². The molecule has 0 saturated carbocycles. The Hall–Kier alpha value is -1.03. The van der Waals surface area contributed by atoms with Gasteiger partial charge in [-0.05, 0) is 17.7 Å². The zero-order valence-corrected chi connectivity index (χ0v) is 9.08. The summed E-state index contributed by atoms with van der Waals surface area (Å²) in [4.78, 5) is 11.0. The number of nitrogens with one attached hydrogen (secondary N) is 1. The van der Waals surface area contributed by atoms with Crippen LogP contribution in [0.4, 0.5) is 4.79 Å². The summed E-state index contributed by atoms with van der Waals surface area (Å²) in [6.07, 6.45) is 0.489. The summed E-state index contributed by atoms with van der Waals surface area (Å²) in [5, 5.41) is 2.78. The van der Waals surface area contributed by atoms with Crippen LogP contribution in [-0.2, 0) is 4.74 Å². The van der Waals surface area contributed by atoms with Gasteiger partial charge in [-0.15, -0.1) is 0 Å². The lowest BCUT2D eigenvalue weighted by atomic mass is 10.0. The van der Waals surface area contributed by atoms with E-state index in [0.29, 0.717) is 6.61 Å². The highest BCUT2D eigenvalue weighted by molar-refractivity contribution is 9.10. The Balaban J connectivity index is 2.17. The number of ether oxygens (including phenoxy) is 1. The maximum atomic E-state index is 11.0. The maximum absolute atomic E-state index is 11.0. The lowest BCUT2D eigenvalue weighted by molar-refractivity contribution is 0.115. The van der Waals surface area contributed by atoms with Crippen LogP contribution in [0.3, 0.4) is 0 Å². The molecule has 74 valence electrons. The molecule has 1 N–H and O–H groups in total. The van der Waals surface area contributed by atoms with E-state index in [0.717, 1.165) is 16.5 Å². The summed E-state index contributed by atoms with van der Waals surface area (Å²) in [7, 11) is 0. The van der Waals surface area contributed by atoms with Crippen molar-refractivity contribution >= 4 is 22.0 Å². The Labute approximate surface area is 90.6 Å². The predicted molar refractivity (Wildman–Crippen MR) is 56.0 cm³/mol. The average Bonchev–Trinajstić information content (AvgIpc) is 2.18. The maximum Gasteiger partial charge on any atom is 0.407 e. The molecule has 0 aromatic heterocycles. The number of carbonyl (C=O) groups is 1. The molecule has 0 spiro atoms. The van der Waals surface area contributed by atoms with Gasteiger partial charge in [0.15, 0.2) is 0 Å². The van der Waals surface area contributed by atoms with Crippen LogP contribution in [0.2, 0.25) is 0 Å². The second kappa shape index (κ2) is 4.00. The molecule has 4 heteroatoms. The number of carbonyl (C=O) groups excluding carboxylic acids is 1. The quantitative estimate of drug-likeness (QED) is 0.838. The van der Waals surface area contributed by atoms with Gasteiger partial charge < -0.3 is 10.1 Å². The molecule has 1 unspecified atom stereocenters. The molecule has 0 bridgehead atoms. The van der Waals surface area contributed by atoms with E-state index in [1.165, 1.54) is 0 Å². The van der Waals surface area contributed by atoms with Gasteiger partial charge in [0.2, 0.25) is 0 Å². The zero-order valence-electron chi connectivity index (χ0n) is 7.50. The van der Waals surface area contributed by atoms with E-state index >= 15 is 0 Å². The first-order valence-corrected chi connectivity index (χ1v) is 5.24. The van der Waals surface area contributed by atoms with Gasteiger partial charge in [0.25, 0.3) is 0 Å². The van der Waals surface area contributed by atoms with E-state index in [1.807, 2.05) is 24.3 Å². The second-order valence-electron chi connectivity index (χ2n) is 3.18. The summed E-state index contributed by atoms with van der Waals surface area (Å²) in [5.74, 6) is 0. The Morgan fingerprint density at radius 2 is 2.36 bits per heavy atom. The van der Waals surface area contributed by atoms with E-state index < -0.39 is 0 Å². The molecule has 2 rings (SSSR count). The normalized spacial score (nSPS) is 21.2. The molecule has 1 fully saturated rings. The summed E-state index contributed by atoms with van der Waals surface area (Å²) < 4.78 is 5.82. The van der Waals surface area contributed by atoms with Crippen LogP contribution in [0.1, 0.15) is 18.0 Å². The van der Waals surface area contributed by atoms with E-state index in [-0.39, 0.29) is 12.1 Å². The number of amides is 1. The van der Waals surface area contributed by atoms with Crippen LogP contribution in [0, 0.1) is 0 Å². The Kier molecular flexibility index (Phi) is 2.72. The topological polar surface area (TPSA) is 38.3 Å². The van der Waals surface area contributed by atoms with Gasteiger partial charge in [0.05, 0.1) is 12.6 Å². The number of hydrogen-bond acceptors (Lipinski definition) is 2. The van der Waals surface area contributed by atoms with Crippen molar-refractivity contribution in [3.8, 4) is 0 Å². The summed E-state index contributed by atoms with van der Waals surface area (Å²) in [6, 6.07) is 8.01. The Morgan fingerprint density at radius 1 is 1.50 bits per heavy atom. The molecule has 14 heavy (non-hydrogen) atoms. The van der Waals surface area contributed by atoms with Crippen molar-refractivity contribution in [2.45, 2.75) is 12.5 Å². The largest absolute Gasteiger partial charge is 0.449 e. The lowest BCUT2D eigenvalue weighted by Crippen LogP contribution is -2.35. The van der Waals surface area contributed by atoms with Crippen molar-refractivity contribution in [1.29, 1.82) is 0 Å². The monoisotopic (exact) mass is 255 g/mol. The van der Waals surface area contributed by atoms with E-state index in [4.69, 9.17) is 4.74 Å². The predicted octanol–water partition coefficient (Wildman–Crippen LogP) is 2.62. The fraction of sp³-hybridized carbons (Fsp3) is 0.300. The van der Waals surface area contributed by atoms with Gasteiger partial charge in [-0.1, -0.05) is 28.1 Å². The van der Waals surface area contributed by atoms with Crippen LogP contribution in [0.15, 0.2) is 28.7 Å². The minimum Gasteiger partial charge on any atom is -0.449 e. The van der Waals surface area contributed by atoms with Crippen LogP contribution in [0.25, 0.3) is 0 Å². The van der Waals surface area contributed by atoms with Crippen molar-refractivity contribution in [3.05, 3.63) is 34.3 Å². The van der Waals surface area contributed by atoms with Gasteiger partial charge in [-0.2, -0.15) is 0 Å². The van der Waals surface area contributed by atoms with Crippen LogP contribution >= 0.6 is 15.9 Å². The molecule has 1 amide bonds. The Morgan fingerprint density at radius 3 is 3.07 bits per heavy atom. The number of rotatable bonds is 1. The third-order valence-corrected chi connectivity index (χ3v) is 2.68. The Bertz CT molecular complexity index is 354. The minimum atomic E-state index is -0.332. The van der Waals surface area contributed by atoms with E-state index in [1.54, 1.807) is 0 Å². The molecule has 1 saturated heterocycles. The average molecular weight is 256 g/mol. The molecular formula is C10H10BrNO2. The summed E-state index contributed by atoms with van der Waals surface area (Å²) in [6.45, 7) is 0.489. The molecule has 0 aliphatic carbocycles. The first-order chi connectivity index (χ1) is 6.75. The summed E-state index contributed by atoms with van der Waals surface area (Å²) >= 11 is 3.40. The third-order valence-electron chi connectivity index (χ3n) is 2.18. The van der Waals surface area contributed by atoms with Crippen LogP contribution in [0.5, 0.6) is 0 Å². The highest BCUT2D eigenvalue weighted by Crippen LogP contribution is 2.22. The zero-order chi connectivity index (χ0) is 9.97. The molecule has 1 aromatic rings. The number of cyclic esters (lactones) is 1. The molecule has 1 aliphatic rings. The van der Waals surface area contributed by atoms with Crippen LogP contribution < -0.4 is 5.32 Å². The summed E-state index contributed by atoms with van der Waals surface area (Å²) in [5.41, 5.74) is 1.11. The van der Waals surface area contributed by atoms with Crippen molar-refractivity contribution in [2.24, 2.45) is 0 Å². The SMILES string of the molecule is O=C1NC(c2cccc(Br)c2)CCO1. The van der Waals surface area contributed by atoms with E-state index in [9.17, 15) is 4.79 Å². The van der Waals surface area contributed by atoms with Gasteiger partial charge in [-0.25, -0.2) is 4.79 Å². The molecule has 1 heterocycles. The number of benzene rings is 1. The molecule has 1 atom stereocenters. The molecule has 1 aromatic carbocycles. The number of alkyl carbamates (subject to hydrolysis) is 1. The van der Waals surface area contributed by atoms with Crippen LogP contribution in [-0.4, -0.2) is 12.7 Å². The second-order valence-corrected chi connectivity index (χ2v) is 4.09. The van der Waals surface area contributed by atoms with Crippen molar-refractivity contribution in [2.75, 3.05) is 6.61 Å². The van der Waals surface area contributed by atoms with Crippen molar-refractivity contribution in [1.82, 2.24) is 5.32 Å².